The molecule has 2 aliphatic rings. The van der Waals surface area contributed by atoms with Gasteiger partial charge in [0, 0.05) is 11.1 Å². The van der Waals surface area contributed by atoms with Gasteiger partial charge >= 0.3 is 5.97 Å². The van der Waals surface area contributed by atoms with E-state index in [9.17, 15) is 14.4 Å². The molecule has 1 N–H and O–H groups in total. The Labute approximate surface area is 227 Å². The molecule has 0 aliphatic carbocycles. The van der Waals surface area contributed by atoms with Gasteiger partial charge in [-0.3, -0.25) is 14.5 Å². The Morgan fingerprint density at radius 1 is 1.11 bits per heavy atom. The van der Waals surface area contributed by atoms with E-state index in [-0.39, 0.29) is 30.5 Å². The minimum atomic E-state index is -0.714. The molecule has 3 heterocycles. The summed E-state index contributed by atoms with van der Waals surface area (Å²) in [5.74, 6) is -0.0408. The fourth-order valence-corrected chi connectivity index (χ4v) is 5.88. The zero-order chi connectivity index (χ0) is 26.5. The van der Waals surface area contributed by atoms with Crippen LogP contribution in [0.15, 0.2) is 77.3 Å². The van der Waals surface area contributed by atoms with Gasteiger partial charge in [-0.15, -0.1) is 16.9 Å². The van der Waals surface area contributed by atoms with Crippen molar-refractivity contribution < 1.29 is 23.9 Å². The van der Waals surface area contributed by atoms with Crippen molar-refractivity contribution in [3.05, 3.63) is 94.1 Å². The van der Waals surface area contributed by atoms with E-state index in [1.54, 1.807) is 36.8 Å². The van der Waals surface area contributed by atoms with Crippen LogP contribution >= 0.6 is 23.3 Å². The minimum Gasteiger partial charge on any atom is -0.497 e. The lowest BCUT2D eigenvalue weighted by atomic mass is 10.0. The number of fused-ring (bicyclic) bond motifs is 1. The van der Waals surface area contributed by atoms with Gasteiger partial charge in [-0.2, -0.15) is 0 Å². The quantitative estimate of drug-likeness (QED) is 0.321. The van der Waals surface area contributed by atoms with E-state index in [0.29, 0.717) is 22.8 Å². The van der Waals surface area contributed by atoms with Gasteiger partial charge in [0.05, 0.1) is 19.2 Å². The van der Waals surface area contributed by atoms with Crippen LogP contribution in [0.1, 0.15) is 16.8 Å². The molecular weight excluding hydrogens is 524 g/mol. The van der Waals surface area contributed by atoms with Gasteiger partial charge in [0.15, 0.2) is 0 Å². The fraction of sp³-hybridized carbons (Fsp3) is 0.222. The maximum absolute atomic E-state index is 13.3. The molecule has 2 atom stereocenters. The van der Waals surface area contributed by atoms with Gasteiger partial charge in [-0.25, -0.2) is 4.79 Å². The number of hydrogen-bond donors (Lipinski definition) is 1. The average molecular weight is 549 g/mol. The average Bonchev–Trinajstić information content (AvgIpc) is 3.47. The highest BCUT2D eigenvalue weighted by atomic mass is 32.2. The van der Waals surface area contributed by atoms with Crippen molar-refractivity contribution in [1.82, 2.24) is 19.8 Å². The van der Waals surface area contributed by atoms with Crippen molar-refractivity contribution >= 4 is 47.2 Å². The fourth-order valence-electron chi connectivity index (χ4n) is 4.14. The Kier molecular flexibility index (Phi) is 7.85. The molecule has 2 unspecified atom stereocenters. The number of methoxy groups -OCH3 is 1. The first-order valence-corrected chi connectivity index (χ1v) is 13.7. The number of benzene rings is 2. The van der Waals surface area contributed by atoms with Crippen LogP contribution in [0.25, 0.3) is 6.08 Å². The Balaban J connectivity index is 1.32. The Bertz CT molecular complexity index is 1370. The van der Waals surface area contributed by atoms with Crippen LogP contribution in [0.4, 0.5) is 0 Å². The number of nitrogens with one attached hydrogen (secondary N) is 1. The first-order chi connectivity index (χ1) is 18.5. The molecule has 9 nitrogen and oxygen atoms in total. The summed E-state index contributed by atoms with van der Waals surface area (Å²) >= 11 is 2.71. The first-order valence-electron chi connectivity index (χ1n) is 11.8. The van der Waals surface area contributed by atoms with Crippen molar-refractivity contribution in [2.45, 2.75) is 24.4 Å². The molecule has 0 bridgehead atoms. The largest absolute Gasteiger partial charge is 0.497 e. The number of rotatable bonds is 9. The number of carbonyl (C=O) groups is 3. The smallest absolute Gasteiger partial charge is 0.355 e. The van der Waals surface area contributed by atoms with E-state index in [1.165, 1.54) is 28.2 Å². The molecule has 2 aromatic carbocycles. The lowest BCUT2D eigenvalue weighted by molar-refractivity contribution is -0.153. The molecule has 11 heteroatoms. The third-order valence-corrected chi connectivity index (χ3v) is 7.90. The molecule has 5 rings (SSSR count). The second-order valence-corrected chi connectivity index (χ2v) is 10.3. The van der Waals surface area contributed by atoms with Gasteiger partial charge in [-0.05, 0) is 46.4 Å². The minimum absolute atomic E-state index is 0.0381. The van der Waals surface area contributed by atoms with Crippen LogP contribution in [0.5, 0.6) is 5.75 Å². The summed E-state index contributed by atoms with van der Waals surface area (Å²) in [5.41, 5.74) is 3.12. The Morgan fingerprint density at radius 3 is 2.61 bits per heavy atom. The Hall–Kier alpha value is -3.96. The van der Waals surface area contributed by atoms with Crippen LogP contribution in [-0.2, 0) is 32.1 Å². The van der Waals surface area contributed by atoms with Gasteiger partial charge in [0.2, 0.25) is 5.91 Å². The van der Waals surface area contributed by atoms with Gasteiger partial charge in [0.25, 0.3) is 5.91 Å². The van der Waals surface area contributed by atoms with Crippen molar-refractivity contribution in [2.75, 3.05) is 12.9 Å². The van der Waals surface area contributed by atoms with Crippen molar-refractivity contribution in [3.8, 4) is 5.75 Å². The zero-order valence-electron chi connectivity index (χ0n) is 20.4. The SMILES string of the molecule is COc1ccc(COC(=O)C2=C(/C=C\c3csnn3)CSC3C(NC(=O)Cc4ccccc4)C(=O)N23)cc1. The van der Waals surface area contributed by atoms with E-state index >= 15 is 0 Å². The summed E-state index contributed by atoms with van der Waals surface area (Å²) in [6.45, 7) is 0.0381. The summed E-state index contributed by atoms with van der Waals surface area (Å²) in [6, 6.07) is 15.8. The number of allylic oxidation sites excluding steroid dienone is 1. The molecule has 38 heavy (non-hydrogen) atoms. The van der Waals surface area contributed by atoms with E-state index < -0.39 is 17.4 Å². The molecule has 194 valence electrons. The van der Waals surface area contributed by atoms with Gasteiger partial charge in [0.1, 0.15) is 29.5 Å². The number of esters is 1. The molecule has 2 amide bonds. The molecule has 1 saturated heterocycles. The van der Waals surface area contributed by atoms with Crippen molar-refractivity contribution in [2.24, 2.45) is 0 Å². The second-order valence-electron chi connectivity index (χ2n) is 8.58. The number of thioether (sulfide) groups is 1. The maximum atomic E-state index is 13.3. The maximum Gasteiger partial charge on any atom is 0.355 e. The van der Waals surface area contributed by atoms with E-state index in [4.69, 9.17) is 9.47 Å². The topological polar surface area (TPSA) is 111 Å². The summed E-state index contributed by atoms with van der Waals surface area (Å²) in [7, 11) is 1.58. The molecule has 0 saturated carbocycles. The lowest BCUT2D eigenvalue weighted by Gasteiger charge is -2.49. The van der Waals surface area contributed by atoms with Crippen LogP contribution in [0, 0.1) is 0 Å². The van der Waals surface area contributed by atoms with E-state index in [0.717, 1.165) is 11.1 Å². The van der Waals surface area contributed by atoms with Crippen LogP contribution in [0.3, 0.4) is 0 Å². The number of amides is 2. The summed E-state index contributed by atoms with van der Waals surface area (Å²) in [4.78, 5) is 40.6. The van der Waals surface area contributed by atoms with E-state index in [2.05, 4.69) is 14.9 Å². The monoisotopic (exact) mass is 548 g/mol. The van der Waals surface area contributed by atoms with Gasteiger partial charge in [-0.1, -0.05) is 53.0 Å². The molecule has 1 aromatic heterocycles. The normalized spacial score (nSPS) is 18.7. The second kappa shape index (κ2) is 11.6. The third kappa shape index (κ3) is 5.63. The first kappa shape index (κ1) is 25.7. The summed E-state index contributed by atoms with van der Waals surface area (Å²) in [5, 5.41) is 8.22. The zero-order valence-corrected chi connectivity index (χ0v) is 22.0. The highest BCUT2D eigenvalue weighted by molar-refractivity contribution is 8.00. The number of ether oxygens (including phenoxy) is 2. The Morgan fingerprint density at radius 2 is 1.89 bits per heavy atom. The number of nitrogens with zero attached hydrogens (tertiary/aromatic N) is 3. The highest BCUT2D eigenvalue weighted by Crippen LogP contribution is 2.41. The van der Waals surface area contributed by atoms with Crippen molar-refractivity contribution in [1.29, 1.82) is 0 Å². The summed E-state index contributed by atoms with van der Waals surface area (Å²) < 4.78 is 14.6. The number of carbonyl (C=O) groups excluding carboxylic acids is 3. The van der Waals surface area contributed by atoms with Crippen LogP contribution in [0.2, 0.25) is 0 Å². The third-order valence-electron chi connectivity index (χ3n) is 6.08. The van der Waals surface area contributed by atoms with Gasteiger partial charge < -0.3 is 14.8 Å². The van der Waals surface area contributed by atoms with Crippen LogP contribution in [-0.4, -0.2) is 56.5 Å². The van der Waals surface area contributed by atoms with Crippen molar-refractivity contribution in [3.63, 3.8) is 0 Å². The molecule has 0 radical (unpaired) electrons. The molecule has 2 aliphatic heterocycles. The molecule has 0 spiro atoms. The predicted octanol–water partition coefficient (Wildman–Crippen LogP) is 3.20. The molecule has 1 fully saturated rings. The summed E-state index contributed by atoms with van der Waals surface area (Å²) in [6.07, 6.45) is 3.68. The highest BCUT2D eigenvalue weighted by Gasteiger charge is 2.54. The molecule has 3 aromatic rings. The number of β-lactam (4-membered cyclic amide) rings is 1. The lowest BCUT2D eigenvalue weighted by Crippen LogP contribution is -2.70. The standard InChI is InChI=1S/C27H24N4O5S2/c1-35-21-11-7-18(8-12-21)14-36-27(34)24-19(9-10-20-16-38-30-29-20)15-37-26-23(25(33)31(24)26)28-22(32)13-17-5-3-2-4-6-17/h2-12,16,23,26H,13-15H2,1H3,(H,28,32)/b10-9-. The molecular formula is C27H24N4O5S2. The number of hydrogen-bond acceptors (Lipinski definition) is 9. The van der Waals surface area contributed by atoms with E-state index in [1.807, 2.05) is 42.5 Å². The predicted molar refractivity (Wildman–Crippen MR) is 144 cm³/mol. The van der Waals surface area contributed by atoms with Crippen LogP contribution < -0.4 is 10.1 Å². The number of aromatic nitrogens is 2.